The van der Waals surface area contributed by atoms with E-state index in [0.717, 1.165) is 5.56 Å². The lowest BCUT2D eigenvalue weighted by Gasteiger charge is -2.10. The summed E-state index contributed by atoms with van der Waals surface area (Å²) >= 11 is 5.90. The van der Waals surface area contributed by atoms with Gasteiger partial charge in [-0.1, -0.05) is 48.0 Å². The van der Waals surface area contributed by atoms with Gasteiger partial charge in [0.05, 0.1) is 17.3 Å². The molecule has 1 N–H and O–H groups in total. The highest BCUT2D eigenvalue weighted by atomic mass is 35.5. The summed E-state index contributed by atoms with van der Waals surface area (Å²) in [6.07, 6.45) is 1.44. The van der Waals surface area contributed by atoms with Gasteiger partial charge < -0.3 is 9.47 Å². The summed E-state index contributed by atoms with van der Waals surface area (Å²) in [5, 5.41) is 4.62. The SMILES string of the molecule is O=C(Oc1ccc(/C=N/NC(=O)c2ccccc2OCc2ccc(Cl)cc2)cc1)c1ccccc1F. The van der Waals surface area contributed by atoms with Crippen molar-refractivity contribution < 1.29 is 23.5 Å². The third-order valence-electron chi connectivity index (χ3n) is 5.00. The van der Waals surface area contributed by atoms with Crippen LogP contribution in [0.25, 0.3) is 0 Å². The van der Waals surface area contributed by atoms with E-state index in [1.54, 1.807) is 66.7 Å². The molecular formula is C28H20ClFN2O4. The van der Waals surface area contributed by atoms with Crippen LogP contribution < -0.4 is 14.9 Å². The number of nitrogens with one attached hydrogen (secondary N) is 1. The molecule has 0 aliphatic carbocycles. The topological polar surface area (TPSA) is 77.0 Å². The number of rotatable bonds is 8. The molecule has 0 aliphatic heterocycles. The summed E-state index contributed by atoms with van der Waals surface area (Å²) in [5.74, 6) is -1.22. The number of halogens is 2. The number of carbonyl (C=O) groups is 2. The largest absolute Gasteiger partial charge is 0.488 e. The smallest absolute Gasteiger partial charge is 0.346 e. The fraction of sp³-hybridized carbons (Fsp3) is 0.0357. The number of para-hydroxylation sites is 1. The molecule has 0 radical (unpaired) electrons. The van der Waals surface area contributed by atoms with Crippen LogP contribution in [0.15, 0.2) is 102 Å². The lowest BCUT2D eigenvalue weighted by molar-refractivity contribution is 0.0729. The van der Waals surface area contributed by atoms with Crippen molar-refractivity contribution in [1.29, 1.82) is 0 Å². The molecule has 8 heteroatoms. The monoisotopic (exact) mass is 502 g/mol. The van der Waals surface area contributed by atoms with Crippen molar-refractivity contribution in [3.8, 4) is 11.5 Å². The Morgan fingerprint density at radius 3 is 2.25 bits per heavy atom. The summed E-state index contributed by atoms with van der Waals surface area (Å²) in [7, 11) is 0. The third-order valence-corrected chi connectivity index (χ3v) is 5.26. The molecule has 180 valence electrons. The lowest BCUT2D eigenvalue weighted by Crippen LogP contribution is -2.18. The van der Waals surface area contributed by atoms with E-state index in [9.17, 15) is 14.0 Å². The van der Waals surface area contributed by atoms with Crippen LogP contribution in [0.1, 0.15) is 31.8 Å². The highest BCUT2D eigenvalue weighted by Crippen LogP contribution is 2.20. The maximum absolute atomic E-state index is 13.7. The van der Waals surface area contributed by atoms with Crippen LogP contribution in [0.5, 0.6) is 11.5 Å². The minimum Gasteiger partial charge on any atom is -0.488 e. The highest BCUT2D eigenvalue weighted by molar-refractivity contribution is 6.30. The molecular weight excluding hydrogens is 483 g/mol. The Morgan fingerprint density at radius 1 is 0.861 bits per heavy atom. The Morgan fingerprint density at radius 2 is 1.53 bits per heavy atom. The minimum atomic E-state index is -0.793. The van der Waals surface area contributed by atoms with Crippen LogP contribution in [0.4, 0.5) is 4.39 Å². The van der Waals surface area contributed by atoms with E-state index in [0.29, 0.717) is 21.9 Å². The summed E-state index contributed by atoms with van der Waals surface area (Å²) in [4.78, 5) is 24.8. The van der Waals surface area contributed by atoms with E-state index >= 15 is 0 Å². The molecule has 0 spiro atoms. The van der Waals surface area contributed by atoms with Crippen LogP contribution in [0.3, 0.4) is 0 Å². The van der Waals surface area contributed by atoms with Gasteiger partial charge in [0, 0.05) is 5.02 Å². The highest BCUT2D eigenvalue weighted by Gasteiger charge is 2.13. The van der Waals surface area contributed by atoms with E-state index in [1.165, 1.54) is 24.4 Å². The van der Waals surface area contributed by atoms with Crippen molar-refractivity contribution in [3.63, 3.8) is 0 Å². The van der Waals surface area contributed by atoms with Gasteiger partial charge in [-0.25, -0.2) is 14.6 Å². The van der Waals surface area contributed by atoms with Gasteiger partial charge in [-0.3, -0.25) is 4.79 Å². The Hall–Kier alpha value is -4.49. The van der Waals surface area contributed by atoms with Gasteiger partial charge in [-0.2, -0.15) is 5.10 Å². The van der Waals surface area contributed by atoms with Crippen molar-refractivity contribution in [2.45, 2.75) is 6.61 Å². The summed E-state index contributed by atoms with van der Waals surface area (Å²) in [6.45, 7) is 0.276. The van der Waals surface area contributed by atoms with Gasteiger partial charge in [0.1, 0.15) is 23.9 Å². The molecule has 0 saturated heterocycles. The minimum absolute atomic E-state index is 0.150. The van der Waals surface area contributed by atoms with Crippen LogP contribution in [-0.2, 0) is 6.61 Å². The maximum Gasteiger partial charge on any atom is 0.346 e. The average Bonchev–Trinajstić information content (AvgIpc) is 2.89. The van der Waals surface area contributed by atoms with E-state index < -0.39 is 17.7 Å². The Bertz CT molecular complexity index is 1390. The first-order chi connectivity index (χ1) is 17.5. The molecule has 0 aliphatic rings. The number of benzene rings is 4. The van der Waals surface area contributed by atoms with Crippen LogP contribution >= 0.6 is 11.6 Å². The third kappa shape index (κ3) is 6.55. The molecule has 4 aromatic rings. The molecule has 0 heterocycles. The number of nitrogens with zero attached hydrogens (tertiary/aromatic N) is 1. The maximum atomic E-state index is 13.7. The number of hydrogen-bond acceptors (Lipinski definition) is 5. The Kier molecular flexibility index (Phi) is 8.05. The average molecular weight is 503 g/mol. The zero-order valence-corrected chi connectivity index (χ0v) is 19.6. The molecule has 4 rings (SSSR count). The molecule has 0 unspecified atom stereocenters. The van der Waals surface area contributed by atoms with Crippen molar-refractivity contribution >= 4 is 29.7 Å². The number of esters is 1. The summed E-state index contributed by atoms with van der Waals surface area (Å²) in [5.41, 5.74) is 4.22. The van der Waals surface area contributed by atoms with Crippen molar-refractivity contribution in [1.82, 2.24) is 5.43 Å². The zero-order chi connectivity index (χ0) is 25.3. The van der Waals surface area contributed by atoms with Gasteiger partial charge in [-0.15, -0.1) is 0 Å². The number of ether oxygens (including phenoxy) is 2. The zero-order valence-electron chi connectivity index (χ0n) is 18.9. The molecule has 0 bridgehead atoms. The van der Waals surface area contributed by atoms with E-state index in [1.807, 2.05) is 12.1 Å². The second-order valence-electron chi connectivity index (χ2n) is 7.55. The van der Waals surface area contributed by atoms with E-state index in [2.05, 4.69) is 10.5 Å². The predicted octanol–water partition coefficient (Wildman–Crippen LogP) is 6.04. The van der Waals surface area contributed by atoms with Gasteiger partial charge in [-0.05, 0) is 71.8 Å². The number of amides is 1. The van der Waals surface area contributed by atoms with E-state index in [4.69, 9.17) is 21.1 Å². The molecule has 4 aromatic carbocycles. The predicted molar refractivity (Wildman–Crippen MR) is 135 cm³/mol. The number of carbonyl (C=O) groups excluding carboxylic acids is 2. The summed E-state index contributed by atoms with van der Waals surface area (Å²) in [6, 6.07) is 26.0. The van der Waals surface area contributed by atoms with Crippen LogP contribution in [-0.4, -0.2) is 18.1 Å². The first-order valence-corrected chi connectivity index (χ1v) is 11.2. The Labute approximate surface area is 211 Å². The van der Waals surface area contributed by atoms with Gasteiger partial charge in [0.25, 0.3) is 5.91 Å². The van der Waals surface area contributed by atoms with Gasteiger partial charge in [0.15, 0.2) is 0 Å². The fourth-order valence-corrected chi connectivity index (χ4v) is 3.28. The van der Waals surface area contributed by atoms with E-state index in [-0.39, 0.29) is 17.9 Å². The standard InChI is InChI=1S/C28H20ClFN2O4/c29-21-13-9-20(10-14-21)18-35-26-8-4-2-6-24(26)27(33)32-31-17-19-11-15-22(16-12-19)36-28(34)23-5-1-3-7-25(23)30/h1-17H,18H2,(H,32,33)/b31-17+. The van der Waals surface area contributed by atoms with Gasteiger partial charge >= 0.3 is 5.97 Å². The normalized spacial score (nSPS) is 10.7. The second-order valence-corrected chi connectivity index (χ2v) is 7.99. The van der Waals surface area contributed by atoms with Crippen molar-refractivity contribution in [3.05, 3.63) is 130 Å². The van der Waals surface area contributed by atoms with Crippen LogP contribution in [0.2, 0.25) is 5.02 Å². The van der Waals surface area contributed by atoms with Crippen molar-refractivity contribution in [2.75, 3.05) is 0 Å². The molecule has 0 saturated carbocycles. The molecule has 1 amide bonds. The molecule has 0 fully saturated rings. The first-order valence-electron chi connectivity index (χ1n) is 10.9. The van der Waals surface area contributed by atoms with Crippen LogP contribution in [0, 0.1) is 5.82 Å². The quantitative estimate of drug-likeness (QED) is 0.138. The fourth-order valence-electron chi connectivity index (χ4n) is 3.16. The number of hydrogen-bond donors (Lipinski definition) is 1. The second kappa shape index (κ2) is 11.8. The number of hydrazone groups is 1. The Balaban J connectivity index is 1.33. The molecule has 6 nitrogen and oxygen atoms in total. The molecule has 0 atom stereocenters. The first kappa shape index (κ1) is 24.6. The van der Waals surface area contributed by atoms with Crippen molar-refractivity contribution in [2.24, 2.45) is 5.10 Å². The van der Waals surface area contributed by atoms with Gasteiger partial charge in [0.2, 0.25) is 0 Å². The molecule has 36 heavy (non-hydrogen) atoms. The lowest BCUT2D eigenvalue weighted by atomic mass is 10.2. The summed E-state index contributed by atoms with van der Waals surface area (Å²) < 4.78 is 24.7. The molecule has 0 aromatic heterocycles.